The minimum atomic E-state index is 0.103. The topological polar surface area (TPSA) is 27.1 Å². The summed E-state index contributed by atoms with van der Waals surface area (Å²) >= 11 is 3.48. The van der Waals surface area contributed by atoms with E-state index in [4.69, 9.17) is 4.74 Å². The van der Waals surface area contributed by atoms with E-state index in [9.17, 15) is 0 Å². The summed E-state index contributed by atoms with van der Waals surface area (Å²) in [6.45, 7) is 1.61. The van der Waals surface area contributed by atoms with Gasteiger partial charge in [-0.3, -0.25) is 4.68 Å². The van der Waals surface area contributed by atoms with Crippen molar-refractivity contribution >= 4 is 15.9 Å². The van der Waals surface area contributed by atoms with E-state index in [2.05, 4.69) is 51.5 Å². The van der Waals surface area contributed by atoms with E-state index in [0.717, 1.165) is 30.6 Å². The highest BCUT2D eigenvalue weighted by atomic mass is 79.9. The lowest BCUT2D eigenvalue weighted by atomic mass is 10.1. The second-order valence-corrected chi connectivity index (χ2v) is 5.13. The van der Waals surface area contributed by atoms with Crippen molar-refractivity contribution in [2.24, 2.45) is 0 Å². The number of halogens is 1. The molecule has 0 spiro atoms. The number of benzene rings is 1. The molecule has 0 bridgehead atoms. The van der Waals surface area contributed by atoms with Crippen molar-refractivity contribution in [3.05, 3.63) is 53.3 Å². The Morgan fingerprint density at radius 2 is 2.17 bits per heavy atom. The molecule has 2 aromatic rings. The lowest BCUT2D eigenvalue weighted by molar-refractivity contribution is 0.0565. The second-order valence-electron chi connectivity index (χ2n) is 4.49. The zero-order valence-corrected chi connectivity index (χ0v) is 11.6. The third-order valence-corrected chi connectivity index (χ3v) is 3.78. The van der Waals surface area contributed by atoms with Crippen LogP contribution in [0.3, 0.4) is 0 Å². The van der Waals surface area contributed by atoms with Crippen LogP contribution in [0.5, 0.6) is 0 Å². The monoisotopic (exact) mass is 306 g/mol. The van der Waals surface area contributed by atoms with Gasteiger partial charge < -0.3 is 4.74 Å². The summed E-state index contributed by atoms with van der Waals surface area (Å²) in [7, 11) is 0. The van der Waals surface area contributed by atoms with Crippen LogP contribution in [0.4, 0.5) is 0 Å². The summed E-state index contributed by atoms with van der Waals surface area (Å²) in [4.78, 5) is 0. The Labute approximate surface area is 115 Å². The number of aromatic nitrogens is 2. The Morgan fingerprint density at radius 1 is 1.33 bits per heavy atom. The number of hydrogen-bond acceptors (Lipinski definition) is 2. The smallest absolute Gasteiger partial charge is 0.111 e. The third kappa shape index (κ3) is 2.35. The summed E-state index contributed by atoms with van der Waals surface area (Å²) in [5.74, 6) is 0. The van der Waals surface area contributed by atoms with Crippen LogP contribution in [-0.4, -0.2) is 21.7 Å². The van der Waals surface area contributed by atoms with Gasteiger partial charge in [-0.05, 0) is 17.5 Å². The van der Waals surface area contributed by atoms with E-state index in [1.165, 1.54) is 11.1 Å². The Morgan fingerprint density at radius 3 is 2.94 bits per heavy atom. The summed E-state index contributed by atoms with van der Waals surface area (Å²) in [5, 5.41) is 5.47. The van der Waals surface area contributed by atoms with Crippen LogP contribution in [-0.2, 0) is 17.7 Å². The Balaban J connectivity index is 1.84. The van der Waals surface area contributed by atoms with Gasteiger partial charge in [0.25, 0.3) is 0 Å². The number of alkyl halides is 1. The fourth-order valence-corrected chi connectivity index (χ4v) is 2.79. The van der Waals surface area contributed by atoms with E-state index < -0.39 is 0 Å². The molecule has 3 rings (SSSR count). The first-order valence-electron chi connectivity index (χ1n) is 6.14. The van der Waals surface area contributed by atoms with Crippen LogP contribution in [0.25, 0.3) is 0 Å². The van der Waals surface area contributed by atoms with Crippen molar-refractivity contribution in [3.8, 4) is 0 Å². The van der Waals surface area contributed by atoms with Gasteiger partial charge in [-0.25, -0.2) is 0 Å². The molecule has 0 aliphatic carbocycles. The molecule has 4 heteroatoms. The van der Waals surface area contributed by atoms with Crippen molar-refractivity contribution in [2.45, 2.75) is 19.1 Å². The average molecular weight is 307 g/mol. The fourth-order valence-electron chi connectivity index (χ4n) is 2.30. The molecule has 3 nitrogen and oxygen atoms in total. The highest BCUT2D eigenvalue weighted by molar-refractivity contribution is 9.09. The number of hydrogen-bond donors (Lipinski definition) is 0. The van der Waals surface area contributed by atoms with Crippen molar-refractivity contribution in [2.75, 3.05) is 11.9 Å². The number of fused-ring (bicyclic) bond motifs is 1. The molecule has 0 unspecified atom stereocenters. The van der Waals surface area contributed by atoms with Gasteiger partial charge in [0.05, 0.1) is 18.8 Å². The van der Waals surface area contributed by atoms with Crippen molar-refractivity contribution in [1.29, 1.82) is 0 Å². The van der Waals surface area contributed by atoms with Crippen LogP contribution in [0.15, 0.2) is 36.5 Å². The molecule has 0 saturated carbocycles. The van der Waals surface area contributed by atoms with Crippen molar-refractivity contribution in [3.63, 3.8) is 0 Å². The molecule has 0 saturated heterocycles. The second kappa shape index (κ2) is 5.24. The highest BCUT2D eigenvalue weighted by Crippen LogP contribution is 2.27. The van der Waals surface area contributed by atoms with E-state index in [1.807, 2.05) is 10.7 Å². The van der Waals surface area contributed by atoms with E-state index in [1.54, 1.807) is 0 Å². The van der Waals surface area contributed by atoms with Crippen molar-refractivity contribution in [1.82, 2.24) is 9.78 Å². The van der Waals surface area contributed by atoms with Crippen LogP contribution in [0.2, 0.25) is 0 Å². The minimum Gasteiger partial charge on any atom is -0.371 e. The quantitative estimate of drug-likeness (QED) is 0.815. The molecule has 0 N–H and O–H groups in total. The molecule has 1 aliphatic heterocycles. The van der Waals surface area contributed by atoms with Crippen LogP contribution >= 0.6 is 15.9 Å². The number of ether oxygens (including phenoxy) is 1. The number of nitrogens with zero attached hydrogens (tertiary/aromatic N) is 2. The van der Waals surface area contributed by atoms with Gasteiger partial charge in [0.2, 0.25) is 0 Å². The molecule has 1 aliphatic rings. The van der Waals surface area contributed by atoms with E-state index in [-0.39, 0.29) is 6.10 Å². The lowest BCUT2D eigenvalue weighted by Gasteiger charge is -2.19. The minimum absolute atomic E-state index is 0.103. The van der Waals surface area contributed by atoms with Gasteiger partial charge in [0.15, 0.2) is 0 Å². The molecule has 0 amide bonds. The maximum Gasteiger partial charge on any atom is 0.111 e. The summed E-state index contributed by atoms with van der Waals surface area (Å²) in [6.07, 6.45) is 3.22. The highest BCUT2D eigenvalue weighted by Gasteiger charge is 2.23. The zero-order chi connectivity index (χ0) is 12.4. The summed E-state index contributed by atoms with van der Waals surface area (Å²) < 4.78 is 7.71. The van der Waals surface area contributed by atoms with Crippen LogP contribution < -0.4 is 0 Å². The van der Waals surface area contributed by atoms with E-state index in [0.29, 0.717) is 0 Å². The first kappa shape index (κ1) is 11.9. The van der Waals surface area contributed by atoms with Gasteiger partial charge >= 0.3 is 0 Å². The normalized spacial score (nSPS) is 18.6. The van der Waals surface area contributed by atoms with Gasteiger partial charge in [0, 0.05) is 11.5 Å². The third-order valence-electron chi connectivity index (χ3n) is 3.19. The average Bonchev–Trinajstić information content (AvgIpc) is 2.82. The molecule has 1 aromatic heterocycles. The molecule has 0 fully saturated rings. The van der Waals surface area contributed by atoms with Gasteiger partial charge in [0.1, 0.15) is 6.10 Å². The Kier molecular flexibility index (Phi) is 3.48. The predicted octanol–water partition coefficient (Wildman–Crippen LogP) is 2.94. The van der Waals surface area contributed by atoms with Gasteiger partial charge in [-0.1, -0.05) is 46.3 Å². The maximum absolute atomic E-state index is 5.69. The van der Waals surface area contributed by atoms with Crippen LogP contribution in [0, 0.1) is 0 Å². The molecule has 2 heterocycles. The molecular formula is C14H15BrN2O. The molecule has 1 atom stereocenters. The number of rotatable bonds is 3. The molecular weight excluding hydrogens is 292 g/mol. The lowest BCUT2D eigenvalue weighted by Crippen LogP contribution is -2.16. The SMILES string of the molecule is BrC[C@@H]1OCCc2cn(Cc3ccccc3)nc21. The Bertz CT molecular complexity index is 524. The van der Waals surface area contributed by atoms with E-state index >= 15 is 0 Å². The van der Waals surface area contributed by atoms with Gasteiger partial charge in [-0.2, -0.15) is 5.10 Å². The summed E-state index contributed by atoms with van der Waals surface area (Å²) in [6, 6.07) is 10.4. The first-order chi connectivity index (χ1) is 8.86. The zero-order valence-electron chi connectivity index (χ0n) is 10.1. The largest absolute Gasteiger partial charge is 0.371 e. The molecule has 18 heavy (non-hydrogen) atoms. The molecule has 1 aromatic carbocycles. The molecule has 94 valence electrons. The van der Waals surface area contributed by atoms with Gasteiger partial charge in [-0.15, -0.1) is 0 Å². The fraction of sp³-hybridized carbons (Fsp3) is 0.357. The molecule has 0 radical (unpaired) electrons. The standard InChI is InChI=1S/C14H15BrN2O/c15-8-13-14-12(6-7-18-13)10-17(16-14)9-11-4-2-1-3-5-11/h1-5,10,13H,6-9H2/t13-/m0/s1. The van der Waals surface area contributed by atoms with Crippen molar-refractivity contribution < 1.29 is 4.74 Å². The maximum atomic E-state index is 5.69. The van der Waals surface area contributed by atoms with Crippen LogP contribution in [0.1, 0.15) is 22.9 Å². The predicted molar refractivity (Wildman–Crippen MR) is 74.0 cm³/mol. The first-order valence-corrected chi connectivity index (χ1v) is 7.26. The Hall–Kier alpha value is -1.13. The summed E-state index contributed by atoms with van der Waals surface area (Å²) in [5.41, 5.74) is 3.68.